The molecule has 0 saturated heterocycles. The van der Waals surface area contributed by atoms with E-state index in [1.807, 2.05) is 0 Å². The number of ether oxygens (including phenoxy) is 2. The molecule has 0 N–H and O–H groups in total. The summed E-state index contributed by atoms with van der Waals surface area (Å²) in [6, 6.07) is 7.39. The van der Waals surface area contributed by atoms with Gasteiger partial charge in [-0.15, -0.1) is 11.6 Å². The predicted molar refractivity (Wildman–Crippen MR) is 92.9 cm³/mol. The third-order valence-corrected chi connectivity index (χ3v) is 4.00. The average Bonchev–Trinajstić information content (AvgIpc) is 2.65. The first-order chi connectivity index (χ1) is 12.7. The van der Waals surface area contributed by atoms with Gasteiger partial charge < -0.3 is 14.4 Å². The topological polar surface area (TPSA) is 38.8 Å². The molecule has 146 valence electrons. The number of anilines is 1. The molecule has 9 heteroatoms. The number of rotatable bonds is 6. The number of benzene rings is 2. The zero-order valence-corrected chi connectivity index (χ0v) is 15.2. The minimum Gasteiger partial charge on any atom is -0.497 e. The van der Waals surface area contributed by atoms with Crippen molar-refractivity contribution >= 4 is 23.2 Å². The summed E-state index contributed by atoms with van der Waals surface area (Å²) in [6.07, 6.45) is -4.85. The third-order valence-electron chi connectivity index (χ3n) is 3.78. The zero-order chi connectivity index (χ0) is 20.2. The molecule has 0 aliphatic rings. The Labute approximate surface area is 158 Å². The largest absolute Gasteiger partial charge is 0.497 e. The number of methoxy groups -OCH3 is 2. The summed E-state index contributed by atoms with van der Waals surface area (Å²) >= 11 is 5.63. The van der Waals surface area contributed by atoms with E-state index in [0.717, 1.165) is 11.0 Å². The number of hydrogen-bond donors (Lipinski definition) is 0. The Hall–Kier alpha value is -2.48. The van der Waals surface area contributed by atoms with Crippen LogP contribution in [0.4, 0.5) is 23.2 Å². The van der Waals surface area contributed by atoms with E-state index in [-0.39, 0.29) is 11.3 Å². The molecule has 0 atom stereocenters. The SMILES string of the molecule is COc1cc(OC)cc(N(Cc2cccc(C(F)(F)F)c2F)C(=O)CCl)c1. The first-order valence-electron chi connectivity index (χ1n) is 7.65. The monoisotopic (exact) mass is 405 g/mol. The summed E-state index contributed by atoms with van der Waals surface area (Å²) in [6.45, 7) is -0.447. The van der Waals surface area contributed by atoms with Crippen LogP contribution in [0.5, 0.6) is 11.5 Å². The van der Waals surface area contributed by atoms with E-state index in [1.165, 1.54) is 32.4 Å². The summed E-state index contributed by atoms with van der Waals surface area (Å²) in [5.74, 6) is -1.81. The maximum Gasteiger partial charge on any atom is 0.419 e. The highest BCUT2D eigenvalue weighted by Gasteiger charge is 2.35. The second-order valence-corrected chi connectivity index (χ2v) is 5.73. The molecular formula is C18H16ClF4NO3. The lowest BCUT2D eigenvalue weighted by Crippen LogP contribution is -2.32. The number of hydrogen-bond acceptors (Lipinski definition) is 3. The highest BCUT2D eigenvalue weighted by Crippen LogP contribution is 2.34. The normalized spacial score (nSPS) is 11.2. The summed E-state index contributed by atoms with van der Waals surface area (Å²) in [4.78, 5) is 13.3. The quantitative estimate of drug-likeness (QED) is 0.519. The van der Waals surface area contributed by atoms with Crippen molar-refractivity contribution in [2.75, 3.05) is 25.0 Å². The van der Waals surface area contributed by atoms with Gasteiger partial charge in [-0.2, -0.15) is 13.2 Å². The Morgan fingerprint density at radius 1 is 1.11 bits per heavy atom. The van der Waals surface area contributed by atoms with Gasteiger partial charge in [-0.1, -0.05) is 12.1 Å². The van der Waals surface area contributed by atoms with Crippen molar-refractivity contribution in [3.05, 3.63) is 53.3 Å². The lowest BCUT2D eigenvalue weighted by Gasteiger charge is -2.24. The highest BCUT2D eigenvalue weighted by molar-refractivity contribution is 6.29. The van der Waals surface area contributed by atoms with Crippen LogP contribution in [0, 0.1) is 5.82 Å². The van der Waals surface area contributed by atoms with Gasteiger partial charge in [0.15, 0.2) is 0 Å². The fraction of sp³-hybridized carbons (Fsp3) is 0.278. The van der Waals surface area contributed by atoms with Gasteiger partial charge in [0.2, 0.25) is 5.91 Å². The van der Waals surface area contributed by atoms with Crippen LogP contribution in [0.1, 0.15) is 11.1 Å². The lowest BCUT2D eigenvalue weighted by atomic mass is 10.1. The van der Waals surface area contributed by atoms with Crippen LogP contribution in [0.3, 0.4) is 0 Å². The van der Waals surface area contributed by atoms with Crippen LogP contribution < -0.4 is 14.4 Å². The van der Waals surface area contributed by atoms with Gasteiger partial charge in [0.1, 0.15) is 23.2 Å². The fourth-order valence-electron chi connectivity index (χ4n) is 2.44. The van der Waals surface area contributed by atoms with Gasteiger partial charge in [0.05, 0.1) is 32.0 Å². The average molecular weight is 406 g/mol. The Kier molecular flexibility index (Phi) is 6.54. The van der Waals surface area contributed by atoms with Crippen molar-refractivity contribution in [2.45, 2.75) is 12.7 Å². The van der Waals surface area contributed by atoms with E-state index in [9.17, 15) is 22.4 Å². The summed E-state index contributed by atoms with van der Waals surface area (Å²) in [5, 5.41) is 0. The first kappa shape index (κ1) is 20.8. The molecule has 27 heavy (non-hydrogen) atoms. The molecule has 2 rings (SSSR count). The molecule has 0 heterocycles. The van der Waals surface area contributed by atoms with Crippen LogP contribution in [-0.4, -0.2) is 26.0 Å². The first-order valence-corrected chi connectivity index (χ1v) is 8.18. The molecule has 0 fully saturated rings. The van der Waals surface area contributed by atoms with Crippen molar-refractivity contribution in [2.24, 2.45) is 0 Å². The molecule has 0 spiro atoms. The standard InChI is InChI=1S/C18H16ClF4NO3/c1-26-13-6-12(7-14(8-13)27-2)24(16(25)9-19)10-11-4-3-5-15(17(11)20)18(21,22)23/h3-8H,9-10H2,1-2H3. The van der Waals surface area contributed by atoms with Crippen molar-refractivity contribution in [1.29, 1.82) is 0 Å². The molecule has 0 aromatic heterocycles. The number of nitrogens with zero attached hydrogens (tertiary/aromatic N) is 1. The van der Waals surface area contributed by atoms with Gasteiger partial charge in [0.25, 0.3) is 0 Å². The van der Waals surface area contributed by atoms with Gasteiger partial charge in [-0.3, -0.25) is 4.79 Å². The lowest BCUT2D eigenvalue weighted by molar-refractivity contribution is -0.140. The van der Waals surface area contributed by atoms with Crippen molar-refractivity contribution < 1.29 is 31.8 Å². The van der Waals surface area contributed by atoms with Gasteiger partial charge >= 0.3 is 6.18 Å². The zero-order valence-electron chi connectivity index (χ0n) is 14.4. The summed E-state index contributed by atoms with van der Waals surface area (Å²) in [5.41, 5.74) is -1.46. The van der Waals surface area contributed by atoms with E-state index in [1.54, 1.807) is 6.07 Å². The van der Waals surface area contributed by atoms with Crippen LogP contribution in [-0.2, 0) is 17.5 Å². The maximum absolute atomic E-state index is 14.4. The molecule has 0 bridgehead atoms. The van der Waals surface area contributed by atoms with E-state index in [2.05, 4.69) is 0 Å². The second kappa shape index (κ2) is 8.47. The minimum atomic E-state index is -4.85. The second-order valence-electron chi connectivity index (χ2n) is 5.46. The van der Waals surface area contributed by atoms with Gasteiger partial charge in [0, 0.05) is 23.8 Å². The number of carbonyl (C=O) groups is 1. The predicted octanol–water partition coefficient (Wildman–Crippen LogP) is 4.63. The molecule has 0 radical (unpaired) electrons. The molecule has 0 saturated carbocycles. The maximum atomic E-state index is 14.4. The highest BCUT2D eigenvalue weighted by atomic mass is 35.5. The van der Waals surface area contributed by atoms with Crippen LogP contribution >= 0.6 is 11.6 Å². The molecule has 4 nitrogen and oxygen atoms in total. The fourth-order valence-corrected chi connectivity index (χ4v) is 2.58. The summed E-state index contributed by atoms with van der Waals surface area (Å²) < 4.78 is 63.4. The smallest absolute Gasteiger partial charge is 0.419 e. The molecule has 0 unspecified atom stereocenters. The van der Waals surface area contributed by atoms with E-state index >= 15 is 0 Å². The van der Waals surface area contributed by atoms with E-state index < -0.39 is 35.9 Å². The van der Waals surface area contributed by atoms with Gasteiger partial charge in [-0.05, 0) is 6.07 Å². The Balaban J connectivity index is 2.50. The van der Waals surface area contributed by atoms with E-state index in [0.29, 0.717) is 17.6 Å². The molecule has 2 aromatic carbocycles. The molecule has 2 aromatic rings. The van der Waals surface area contributed by atoms with Crippen LogP contribution in [0.15, 0.2) is 36.4 Å². The van der Waals surface area contributed by atoms with Gasteiger partial charge in [-0.25, -0.2) is 4.39 Å². The molecular weight excluding hydrogens is 390 g/mol. The Morgan fingerprint density at radius 3 is 2.19 bits per heavy atom. The number of amides is 1. The minimum absolute atomic E-state index is 0.244. The Morgan fingerprint density at radius 2 is 1.70 bits per heavy atom. The van der Waals surface area contributed by atoms with Crippen molar-refractivity contribution in [3.8, 4) is 11.5 Å². The molecule has 0 aliphatic heterocycles. The number of carbonyl (C=O) groups excluding carboxylic acids is 1. The molecule has 1 amide bonds. The van der Waals surface area contributed by atoms with Crippen molar-refractivity contribution in [1.82, 2.24) is 0 Å². The van der Waals surface area contributed by atoms with Crippen LogP contribution in [0.2, 0.25) is 0 Å². The van der Waals surface area contributed by atoms with E-state index in [4.69, 9.17) is 21.1 Å². The van der Waals surface area contributed by atoms with Crippen LogP contribution in [0.25, 0.3) is 0 Å². The third kappa shape index (κ3) is 4.82. The summed E-state index contributed by atoms with van der Waals surface area (Å²) in [7, 11) is 2.80. The number of alkyl halides is 4. The Bertz CT molecular complexity index is 804. The van der Waals surface area contributed by atoms with Crippen molar-refractivity contribution in [3.63, 3.8) is 0 Å². The number of halogens is 5. The molecule has 0 aliphatic carbocycles.